The van der Waals surface area contributed by atoms with Crippen molar-refractivity contribution in [3.8, 4) is 17.6 Å². The van der Waals surface area contributed by atoms with Crippen LogP contribution in [0.5, 0.6) is 11.5 Å². The number of hydrogen-bond donors (Lipinski definition) is 1. The van der Waals surface area contributed by atoms with Gasteiger partial charge in [0.2, 0.25) is 0 Å². The molecule has 0 aliphatic rings. The molecule has 2 heterocycles. The molecule has 0 amide bonds. The van der Waals surface area contributed by atoms with Crippen LogP contribution in [-0.4, -0.2) is 16.1 Å². The first-order valence-corrected chi connectivity index (χ1v) is 6.27. The fraction of sp³-hybridized carbons (Fsp3) is 0.154. The van der Waals surface area contributed by atoms with Crippen molar-refractivity contribution in [3.05, 3.63) is 39.3 Å². The number of pyridine rings is 1. The second-order valence-electron chi connectivity index (χ2n) is 3.89. The van der Waals surface area contributed by atoms with E-state index in [2.05, 4.69) is 4.98 Å². The largest absolute Gasteiger partial charge is 0.477 e. The number of ether oxygens (including phenoxy) is 1. The smallest absolute Gasteiger partial charge is 0.346 e. The zero-order valence-corrected chi connectivity index (χ0v) is 11.1. The van der Waals surface area contributed by atoms with E-state index in [-0.39, 0.29) is 4.88 Å². The summed E-state index contributed by atoms with van der Waals surface area (Å²) in [4.78, 5) is 15.2. The average Bonchev–Trinajstić information content (AvgIpc) is 2.77. The van der Waals surface area contributed by atoms with Gasteiger partial charge in [0.15, 0.2) is 0 Å². The summed E-state index contributed by atoms with van der Waals surface area (Å²) in [5.74, 6) is -0.200. The molecule has 1 N–H and O–H groups in total. The maximum Gasteiger partial charge on any atom is 0.346 e. The Kier molecular flexibility index (Phi) is 3.49. The number of nitrogens with zero attached hydrogens (tertiary/aromatic N) is 2. The maximum absolute atomic E-state index is 10.8. The number of aromatic carboxylic acids is 1. The first-order chi connectivity index (χ1) is 9.01. The molecule has 19 heavy (non-hydrogen) atoms. The Morgan fingerprint density at radius 2 is 2.21 bits per heavy atom. The number of nitriles is 1. The monoisotopic (exact) mass is 274 g/mol. The third kappa shape index (κ3) is 2.72. The Morgan fingerprint density at radius 3 is 2.79 bits per heavy atom. The quantitative estimate of drug-likeness (QED) is 0.929. The van der Waals surface area contributed by atoms with Crippen molar-refractivity contribution < 1.29 is 14.6 Å². The molecule has 2 aromatic heterocycles. The predicted octanol–water partition coefficient (Wildman–Crippen LogP) is 3.12. The van der Waals surface area contributed by atoms with Gasteiger partial charge in [0, 0.05) is 23.2 Å². The van der Waals surface area contributed by atoms with Gasteiger partial charge in [0.25, 0.3) is 0 Å². The lowest BCUT2D eigenvalue weighted by Crippen LogP contribution is -1.96. The van der Waals surface area contributed by atoms with Crippen molar-refractivity contribution in [2.45, 2.75) is 13.8 Å². The number of aryl methyl sites for hydroxylation is 2. The minimum absolute atomic E-state index is 0.191. The van der Waals surface area contributed by atoms with Gasteiger partial charge in [-0.2, -0.15) is 5.26 Å². The number of carboxylic acids is 1. The van der Waals surface area contributed by atoms with Gasteiger partial charge in [-0.25, -0.2) is 4.79 Å². The van der Waals surface area contributed by atoms with Crippen molar-refractivity contribution in [1.82, 2.24) is 4.98 Å². The maximum atomic E-state index is 10.8. The molecule has 0 radical (unpaired) electrons. The van der Waals surface area contributed by atoms with Crippen molar-refractivity contribution in [3.63, 3.8) is 0 Å². The highest BCUT2D eigenvalue weighted by Crippen LogP contribution is 2.30. The molecular formula is C13H10N2O3S. The van der Waals surface area contributed by atoms with Gasteiger partial charge in [-0.1, -0.05) is 0 Å². The molecule has 0 saturated carbocycles. The summed E-state index contributed by atoms with van der Waals surface area (Å²) < 4.78 is 5.58. The van der Waals surface area contributed by atoms with E-state index in [9.17, 15) is 4.79 Å². The highest BCUT2D eigenvalue weighted by Gasteiger charge is 2.13. The van der Waals surface area contributed by atoms with E-state index in [0.29, 0.717) is 22.8 Å². The number of hydrogen-bond acceptors (Lipinski definition) is 5. The second kappa shape index (κ2) is 5.08. The molecule has 6 heteroatoms. The summed E-state index contributed by atoms with van der Waals surface area (Å²) in [6.07, 6.45) is 0. The van der Waals surface area contributed by atoms with Crippen LogP contribution < -0.4 is 4.74 Å². The number of rotatable bonds is 3. The number of carbonyl (C=O) groups is 1. The fourth-order valence-electron chi connectivity index (χ4n) is 1.62. The first kappa shape index (κ1) is 13.1. The van der Waals surface area contributed by atoms with E-state index in [1.165, 1.54) is 6.07 Å². The van der Waals surface area contributed by atoms with Crippen LogP contribution in [0.2, 0.25) is 0 Å². The van der Waals surface area contributed by atoms with Crippen molar-refractivity contribution in [1.29, 1.82) is 5.26 Å². The average molecular weight is 274 g/mol. The van der Waals surface area contributed by atoms with E-state index >= 15 is 0 Å². The van der Waals surface area contributed by atoms with Crippen LogP contribution in [0.15, 0.2) is 17.5 Å². The number of aromatic nitrogens is 1. The van der Waals surface area contributed by atoms with Gasteiger partial charge in [0.1, 0.15) is 28.0 Å². The third-order valence-corrected chi connectivity index (χ3v) is 3.31. The summed E-state index contributed by atoms with van der Waals surface area (Å²) in [5, 5.41) is 19.5. The second-order valence-corrected chi connectivity index (χ2v) is 4.80. The Labute approximate surface area is 113 Å². The van der Waals surface area contributed by atoms with Gasteiger partial charge in [-0.15, -0.1) is 11.3 Å². The highest BCUT2D eigenvalue weighted by molar-refractivity contribution is 7.12. The molecule has 0 spiro atoms. The van der Waals surface area contributed by atoms with E-state index in [1.807, 2.05) is 6.07 Å². The minimum atomic E-state index is -0.998. The highest BCUT2D eigenvalue weighted by atomic mass is 32.1. The molecular weight excluding hydrogens is 264 g/mol. The lowest BCUT2D eigenvalue weighted by molar-refractivity contribution is 0.0702. The third-order valence-electron chi connectivity index (χ3n) is 2.42. The van der Waals surface area contributed by atoms with Gasteiger partial charge >= 0.3 is 5.97 Å². The SMILES string of the molecule is Cc1cc(Oc2csc(C(=O)O)c2)c(C#N)c(C)n1. The van der Waals surface area contributed by atoms with E-state index in [1.54, 1.807) is 25.3 Å². The van der Waals surface area contributed by atoms with Crippen LogP contribution in [0.3, 0.4) is 0 Å². The normalized spacial score (nSPS) is 9.95. The Bertz CT molecular complexity index is 686. The van der Waals surface area contributed by atoms with Crippen molar-refractivity contribution in [2.75, 3.05) is 0 Å². The van der Waals surface area contributed by atoms with Gasteiger partial charge in [-0.3, -0.25) is 4.98 Å². The van der Waals surface area contributed by atoms with E-state index < -0.39 is 5.97 Å². The Balaban J connectivity index is 2.37. The molecule has 0 atom stereocenters. The molecule has 0 aromatic carbocycles. The standard InChI is InChI=1S/C13H10N2O3S/c1-7-3-11(10(5-14)8(2)15-7)18-9-4-12(13(16)17)19-6-9/h3-4,6H,1-2H3,(H,16,17). The van der Waals surface area contributed by atoms with Crippen LogP contribution in [0.1, 0.15) is 26.6 Å². The number of carboxylic acid groups (broad SMARTS) is 1. The molecule has 5 nitrogen and oxygen atoms in total. The molecule has 0 aliphatic carbocycles. The van der Waals surface area contributed by atoms with Crippen LogP contribution in [0, 0.1) is 25.2 Å². The summed E-state index contributed by atoms with van der Waals surface area (Å²) in [7, 11) is 0. The molecule has 0 fully saturated rings. The minimum Gasteiger partial charge on any atom is -0.477 e. The van der Waals surface area contributed by atoms with E-state index in [0.717, 1.165) is 17.0 Å². The molecule has 2 aromatic rings. The Hall–Kier alpha value is -2.39. The van der Waals surface area contributed by atoms with Gasteiger partial charge < -0.3 is 9.84 Å². The zero-order valence-electron chi connectivity index (χ0n) is 10.3. The molecule has 0 unspecified atom stereocenters. The van der Waals surface area contributed by atoms with Crippen LogP contribution >= 0.6 is 11.3 Å². The summed E-state index contributed by atoms with van der Waals surface area (Å²) in [5.41, 5.74) is 1.68. The van der Waals surface area contributed by atoms with Crippen molar-refractivity contribution >= 4 is 17.3 Å². The molecule has 0 bridgehead atoms. The van der Waals surface area contributed by atoms with Gasteiger partial charge in [0.05, 0.1) is 5.69 Å². The molecule has 2 rings (SSSR count). The summed E-state index contributed by atoms with van der Waals surface area (Å²) in [6, 6.07) is 5.13. The lowest BCUT2D eigenvalue weighted by atomic mass is 10.2. The van der Waals surface area contributed by atoms with Crippen molar-refractivity contribution in [2.24, 2.45) is 0 Å². The first-order valence-electron chi connectivity index (χ1n) is 5.39. The summed E-state index contributed by atoms with van der Waals surface area (Å²) >= 11 is 1.08. The molecule has 0 aliphatic heterocycles. The zero-order chi connectivity index (χ0) is 14.0. The van der Waals surface area contributed by atoms with Crippen LogP contribution in [0.25, 0.3) is 0 Å². The molecule has 96 valence electrons. The summed E-state index contributed by atoms with van der Waals surface area (Å²) in [6.45, 7) is 3.53. The number of thiophene rings is 1. The Morgan fingerprint density at radius 1 is 1.47 bits per heavy atom. The molecule has 0 saturated heterocycles. The van der Waals surface area contributed by atoms with E-state index in [4.69, 9.17) is 15.1 Å². The van der Waals surface area contributed by atoms with Gasteiger partial charge in [-0.05, 0) is 13.8 Å². The van der Waals surface area contributed by atoms with Crippen LogP contribution in [-0.2, 0) is 0 Å². The topological polar surface area (TPSA) is 83.2 Å². The predicted molar refractivity (Wildman–Crippen MR) is 69.8 cm³/mol. The van der Waals surface area contributed by atoms with Crippen LogP contribution in [0.4, 0.5) is 0 Å². The fourth-order valence-corrected chi connectivity index (χ4v) is 2.27. The lowest BCUT2D eigenvalue weighted by Gasteiger charge is -2.08.